The number of aryl methyl sites for hydroxylation is 2. The van der Waals surface area contributed by atoms with E-state index in [1.54, 1.807) is 6.20 Å². The van der Waals surface area contributed by atoms with Crippen LogP contribution >= 0.6 is 0 Å². The first-order valence-electron chi connectivity index (χ1n) is 7.92. The van der Waals surface area contributed by atoms with Crippen LogP contribution in [0.5, 0.6) is 0 Å². The summed E-state index contributed by atoms with van der Waals surface area (Å²) in [6.07, 6.45) is 4.12. The maximum atomic E-state index is 12.2. The van der Waals surface area contributed by atoms with Gasteiger partial charge in [-0.25, -0.2) is 4.99 Å². The van der Waals surface area contributed by atoms with Crippen molar-refractivity contribution in [2.24, 2.45) is 16.6 Å². The minimum absolute atomic E-state index is 0.226. The summed E-state index contributed by atoms with van der Waals surface area (Å²) in [6.45, 7) is 4.95. The second-order valence-corrected chi connectivity index (χ2v) is 6.19. The van der Waals surface area contributed by atoms with E-state index in [2.05, 4.69) is 15.3 Å². The molecule has 5 heteroatoms. The normalized spacial score (nSPS) is 14.8. The lowest BCUT2D eigenvalue weighted by atomic mass is 10.1. The van der Waals surface area contributed by atoms with Gasteiger partial charge in [-0.05, 0) is 61.9 Å². The number of pyridine rings is 1. The Hall–Kier alpha value is -2.56. The van der Waals surface area contributed by atoms with Gasteiger partial charge in [-0.1, -0.05) is 6.07 Å². The quantitative estimate of drug-likeness (QED) is 0.586. The first-order valence-corrected chi connectivity index (χ1v) is 7.92. The largest absolute Gasteiger partial charge is 0.384 e. The number of hydrogen-bond acceptors (Lipinski definition) is 3. The van der Waals surface area contributed by atoms with E-state index in [1.807, 2.05) is 38.1 Å². The van der Waals surface area contributed by atoms with Crippen molar-refractivity contribution in [1.29, 1.82) is 0 Å². The number of amidine groups is 1. The smallest absolute Gasteiger partial charge is 0.261 e. The van der Waals surface area contributed by atoms with E-state index in [1.165, 1.54) is 18.4 Å². The molecule has 0 spiro atoms. The van der Waals surface area contributed by atoms with Gasteiger partial charge in [0.25, 0.3) is 5.56 Å². The van der Waals surface area contributed by atoms with Crippen molar-refractivity contribution in [1.82, 2.24) is 4.98 Å². The number of aromatic amines is 1. The molecular formula is C18H22N4O. The second-order valence-electron chi connectivity index (χ2n) is 6.19. The molecule has 1 aliphatic carbocycles. The molecule has 120 valence electrons. The monoisotopic (exact) mass is 310 g/mol. The van der Waals surface area contributed by atoms with Crippen LogP contribution in [-0.4, -0.2) is 17.4 Å². The molecule has 23 heavy (non-hydrogen) atoms. The molecule has 1 fully saturated rings. The van der Waals surface area contributed by atoms with Gasteiger partial charge >= 0.3 is 0 Å². The Kier molecular flexibility index (Phi) is 4.19. The lowest BCUT2D eigenvalue weighted by molar-refractivity contribution is 0.888. The summed E-state index contributed by atoms with van der Waals surface area (Å²) in [5.41, 5.74) is 10.2. The number of aromatic nitrogens is 1. The van der Waals surface area contributed by atoms with E-state index in [0.717, 1.165) is 23.5 Å². The maximum absolute atomic E-state index is 12.2. The highest BCUT2D eigenvalue weighted by Gasteiger charge is 2.21. The fraction of sp³-hybridized carbons (Fsp3) is 0.333. The Morgan fingerprint density at radius 2 is 2.09 bits per heavy atom. The van der Waals surface area contributed by atoms with E-state index >= 15 is 0 Å². The molecular weight excluding hydrogens is 288 g/mol. The first-order chi connectivity index (χ1) is 11.0. The molecule has 1 aromatic heterocycles. The molecule has 1 aromatic carbocycles. The molecule has 0 aliphatic heterocycles. The first kappa shape index (κ1) is 15.3. The van der Waals surface area contributed by atoms with Crippen molar-refractivity contribution in [2.45, 2.75) is 26.7 Å². The number of aliphatic imine (C=N–C) groups is 1. The zero-order valence-electron chi connectivity index (χ0n) is 13.5. The lowest BCUT2D eigenvalue weighted by Gasteiger charge is -2.10. The van der Waals surface area contributed by atoms with Crippen LogP contribution < -0.4 is 16.6 Å². The van der Waals surface area contributed by atoms with Crippen molar-refractivity contribution in [3.63, 3.8) is 0 Å². The van der Waals surface area contributed by atoms with Crippen LogP contribution in [-0.2, 0) is 0 Å². The van der Waals surface area contributed by atoms with Gasteiger partial charge < -0.3 is 16.0 Å². The topological polar surface area (TPSA) is 83.3 Å². The summed E-state index contributed by atoms with van der Waals surface area (Å²) < 4.78 is 0. The summed E-state index contributed by atoms with van der Waals surface area (Å²) in [5.74, 6) is 0.938. The van der Waals surface area contributed by atoms with Gasteiger partial charge in [0.2, 0.25) is 0 Å². The Morgan fingerprint density at radius 1 is 1.30 bits per heavy atom. The zero-order valence-corrected chi connectivity index (χ0v) is 13.5. The predicted molar refractivity (Wildman–Crippen MR) is 94.6 cm³/mol. The molecule has 1 aliphatic rings. The number of anilines is 1. The summed E-state index contributed by atoms with van der Waals surface area (Å²) in [6, 6.07) is 7.71. The van der Waals surface area contributed by atoms with Crippen LogP contribution in [0.3, 0.4) is 0 Å². The third-order valence-electron chi connectivity index (χ3n) is 4.24. The molecule has 1 saturated carbocycles. The molecule has 0 amide bonds. The summed E-state index contributed by atoms with van der Waals surface area (Å²) in [5, 5.41) is 3.32. The minimum atomic E-state index is -0.226. The third-order valence-corrected chi connectivity index (χ3v) is 4.24. The number of nitrogens with two attached hydrogens (primary N) is 1. The van der Waals surface area contributed by atoms with Crippen LogP contribution in [0.1, 0.15) is 29.5 Å². The van der Waals surface area contributed by atoms with Crippen LogP contribution in [0.25, 0.3) is 0 Å². The van der Waals surface area contributed by atoms with Gasteiger partial charge in [0.1, 0.15) is 11.4 Å². The van der Waals surface area contributed by atoms with Crippen molar-refractivity contribution in [3.05, 3.63) is 57.5 Å². The molecule has 2 aromatic rings. The summed E-state index contributed by atoms with van der Waals surface area (Å²) in [7, 11) is 0. The molecule has 0 bridgehead atoms. The molecule has 0 atom stereocenters. The van der Waals surface area contributed by atoms with Gasteiger partial charge in [0, 0.05) is 12.7 Å². The molecule has 1 heterocycles. The average Bonchev–Trinajstić information content (AvgIpc) is 3.33. The Labute approximate surface area is 135 Å². The SMILES string of the molecule is Cc1ccc(N=C(N)c2c(NCC3CC3)cc[nH]c2=O)cc1C. The highest BCUT2D eigenvalue weighted by Crippen LogP contribution is 2.29. The minimum Gasteiger partial charge on any atom is -0.384 e. The van der Waals surface area contributed by atoms with E-state index < -0.39 is 0 Å². The van der Waals surface area contributed by atoms with Gasteiger partial charge in [0.15, 0.2) is 0 Å². The molecule has 5 nitrogen and oxygen atoms in total. The average molecular weight is 310 g/mol. The number of rotatable bonds is 5. The van der Waals surface area contributed by atoms with E-state index in [4.69, 9.17) is 5.73 Å². The zero-order chi connectivity index (χ0) is 16.4. The molecule has 0 saturated heterocycles. The molecule has 0 radical (unpaired) electrons. The Morgan fingerprint density at radius 3 is 2.78 bits per heavy atom. The molecule has 0 unspecified atom stereocenters. The number of H-pyrrole nitrogens is 1. The lowest BCUT2D eigenvalue weighted by Crippen LogP contribution is -2.26. The van der Waals surface area contributed by atoms with Crippen molar-refractivity contribution in [2.75, 3.05) is 11.9 Å². The number of nitrogens with zero attached hydrogens (tertiary/aromatic N) is 1. The summed E-state index contributed by atoms with van der Waals surface area (Å²) in [4.78, 5) is 19.3. The predicted octanol–water partition coefficient (Wildman–Crippen LogP) is 2.85. The maximum Gasteiger partial charge on any atom is 0.261 e. The van der Waals surface area contributed by atoms with Crippen molar-refractivity contribution >= 4 is 17.2 Å². The van der Waals surface area contributed by atoms with Crippen LogP contribution in [0, 0.1) is 19.8 Å². The van der Waals surface area contributed by atoms with Gasteiger partial charge in [-0.2, -0.15) is 0 Å². The highest BCUT2D eigenvalue weighted by molar-refractivity contribution is 6.03. The van der Waals surface area contributed by atoms with Crippen molar-refractivity contribution < 1.29 is 0 Å². The van der Waals surface area contributed by atoms with Crippen molar-refractivity contribution in [3.8, 4) is 0 Å². The Balaban J connectivity index is 1.93. The van der Waals surface area contributed by atoms with Gasteiger partial charge in [0.05, 0.1) is 11.4 Å². The van der Waals surface area contributed by atoms with Crippen LogP contribution in [0.2, 0.25) is 0 Å². The standard InChI is InChI=1S/C18H22N4O/c1-11-3-6-14(9-12(11)2)22-17(19)16-15(7-8-20-18(16)23)21-10-13-4-5-13/h3,6-9,13H,4-5,10H2,1-2H3,(H2,19,22)(H2,20,21,23). The second kappa shape index (κ2) is 6.28. The van der Waals surface area contributed by atoms with Crippen LogP contribution in [0.4, 0.5) is 11.4 Å². The number of hydrogen-bond donors (Lipinski definition) is 3. The fourth-order valence-corrected chi connectivity index (χ4v) is 2.45. The van der Waals surface area contributed by atoms with Crippen LogP contribution in [0.15, 0.2) is 40.2 Å². The highest BCUT2D eigenvalue weighted by atomic mass is 16.1. The third kappa shape index (κ3) is 3.62. The molecule has 3 rings (SSSR count). The van der Waals surface area contributed by atoms with E-state index in [-0.39, 0.29) is 11.4 Å². The fourth-order valence-electron chi connectivity index (χ4n) is 2.45. The Bertz CT molecular complexity index is 803. The summed E-state index contributed by atoms with van der Waals surface area (Å²) >= 11 is 0. The van der Waals surface area contributed by atoms with Gasteiger partial charge in [-0.3, -0.25) is 4.79 Å². The molecule has 4 N–H and O–H groups in total. The number of benzene rings is 1. The van der Waals surface area contributed by atoms with E-state index in [0.29, 0.717) is 11.5 Å². The van der Waals surface area contributed by atoms with Gasteiger partial charge in [-0.15, -0.1) is 0 Å². The number of nitrogens with one attached hydrogen (secondary N) is 2. The van der Waals surface area contributed by atoms with E-state index in [9.17, 15) is 4.79 Å².